The van der Waals surface area contributed by atoms with Crippen LogP contribution in [0.4, 0.5) is 11.4 Å². The second kappa shape index (κ2) is 4.72. The Hall–Kier alpha value is -1.26. The van der Waals surface area contributed by atoms with E-state index in [0.717, 1.165) is 17.9 Å². The quantitative estimate of drug-likeness (QED) is 0.826. The largest absolute Gasteiger partial charge is 0.397 e. The first kappa shape index (κ1) is 11.2. The van der Waals surface area contributed by atoms with Gasteiger partial charge in [0.1, 0.15) is 0 Å². The average molecular weight is 254 g/mol. The highest BCUT2D eigenvalue weighted by Gasteiger charge is 2.03. The molecule has 0 aliphatic carbocycles. The number of aromatic nitrogens is 1. The molecule has 0 saturated heterocycles. The Labute approximate surface area is 103 Å². The molecule has 0 aliphatic rings. The fraction of sp³-hybridized carbons (Fsp3) is 0.182. The molecule has 0 saturated carbocycles. The molecule has 84 valence electrons. The summed E-state index contributed by atoms with van der Waals surface area (Å²) in [5.41, 5.74) is 10.3. The van der Waals surface area contributed by atoms with Gasteiger partial charge in [0.25, 0.3) is 0 Å². The summed E-state index contributed by atoms with van der Waals surface area (Å²) in [4.78, 5) is 5.40. The lowest BCUT2D eigenvalue weighted by Crippen LogP contribution is -2.02. The molecule has 0 amide bonds. The van der Waals surface area contributed by atoms with Gasteiger partial charge in [-0.05, 0) is 25.1 Å². The van der Waals surface area contributed by atoms with E-state index in [0.29, 0.717) is 10.7 Å². The van der Waals surface area contributed by atoms with Crippen molar-refractivity contribution in [3.8, 4) is 0 Å². The number of benzene rings is 1. The second-order valence-corrected chi connectivity index (χ2v) is 4.82. The number of nitrogens with two attached hydrogens (primary N) is 1. The Kier molecular flexibility index (Phi) is 3.31. The Bertz CT molecular complexity index is 496. The highest BCUT2D eigenvalue weighted by molar-refractivity contribution is 7.09. The number of aryl methyl sites for hydroxylation is 1. The van der Waals surface area contributed by atoms with Gasteiger partial charge >= 0.3 is 0 Å². The van der Waals surface area contributed by atoms with Crippen molar-refractivity contribution in [3.63, 3.8) is 0 Å². The number of halogens is 1. The van der Waals surface area contributed by atoms with Crippen LogP contribution in [0.25, 0.3) is 0 Å². The number of hydrogen-bond donors (Lipinski definition) is 2. The van der Waals surface area contributed by atoms with Crippen LogP contribution in [0, 0.1) is 6.92 Å². The van der Waals surface area contributed by atoms with Crippen LogP contribution < -0.4 is 11.1 Å². The van der Waals surface area contributed by atoms with Crippen LogP contribution in [0.1, 0.15) is 10.6 Å². The molecule has 0 aliphatic heterocycles. The number of nitrogens with zero attached hydrogens (tertiary/aromatic N) is 1. The van der Waals surface area contributed by atoms with Crippen LogP contribution >= 0.6 is 22.9 Å². The molecule has 5 heteroatoms. The van der Waals surface area contributed by atoms with E-state index in [1.54, 1.807) is 23.5 Å². The monoisotopic (exact) mass is 253 g/mol. The zero-order valence-corrected chi connectivity index (χ0v) is 10.4. The smallest absolute Gasteiger partial charge is 0.0798 e. The molecule has 16 heavy (non-hydrogen) atoms. The molecule has 0 unspecified atom stereocenters. The fourth-order valence-corrected chi connectivity index (χ4v) is 2.24. The summed E-state index contributed by atoms with van der Waals surface area (Å²) < 4.78 is 0. The molecule has 0 spiro atoms. The van der Waals surface area contributed by atoms with E-state index >= 15 is 0 Å². The molecule has 2 rings (SSSR count). The van der Waals surface area contributed by atoms with Gasteiger partial charge in [-0.25, -0.2) is 4.98 Å². The maximum Gasteiger partial charge on any atom is 0.0798 e. The molecule has 0 atom stereocenters. The number of thiazole rings is 1. The molecule has 1 aromatic carbocycles. The summed E-state index contributed by atoms with van der Waals surface area (Å²) in [6, 6.07) is 5.40. The van der Waals surface area contributed by atoms with E-state index < -0.39 is 0 Å². The standard InChI is InChI=1S/C11H12ClN3S/c1-7-11(16-6-15-7)5-14-10-4-8(12)2-3-9(10)13/h2-4,6,14H,5,13H2,1H3. The van der Waals surface area contributed by atoms with Gasteiger partial charge in [-0.15, -0.1) is 11.3 Å². The van der Waals surface area contributed by atoms with Crippen molar-refractivity contribution in [2.45, 2.75) is 13.5 Å². The Balaban J connectivity index is 2.10. The highest BCUT2D eigenvalue weighted by atomic mass is 35.5. The first-order valence-electron chi connectivity index (χ1n) is 4.84. The van der Waals surface area contributed by atoms with Crippen molar-refractivity contribution in [2.75, 3.05) is 11.1 Å². The van der Waals surface area contributed by atoms with Crippen LogP contribution in [0.3, 0.4) is 0 Å². The van der Waals surface area contributed by atoms with Gasteiger partial charge < -0.3 is 11.1 Å². The van der Waals surface area contributed by atoms with E-state index in [1.807, 2.05) is 18.5 Å². The lowest BCUT2D eigenvalue weighted by molar-refractivity contribution is 1.12. The molecule has 3 N–H and O–H groups in total. The lowest BCUT2D eigenvalue weighted by atomic mass is 10.2. The first-order chi connectivity index (χ1) is 7.66. The van der Waals surface area contributed by atoms with Gasteiger partial charge in [0, 0.05) is 9.90 Å². The number of hydrogen-bond acceptors (Lipinski definition) is 4. The van der Waals surface area contributed by atoms with Crippen molar-refractivity contribution < 1.29 is 0 Å². The van der Waals surface area contributed by atoms with Crippen LogP contribution in [-0.2, 0) is 6.54 Å². The molecule has 0 fully saturated rings. The predicted molar refractivity (Wildman–Crippen MR) is 70.0 cm³/mol. The Morgan fingerprint density at radius 2 is 2.31 bits per heavy atom. The van der Waals surface area contributed by atoms with Gasteiger partial charge in [0.2, 0.25) is 0 Å². The van der Waals surface area contributed by atoms with E-state index in [9.17, 15) is 0 Å². The number of nitrogen functional groups attached to an aromatic ring is 1. The van der Waals surface area contributed by atoms with E-state index in [2.05, 4.69) is 10.3 Å². The number of rotatable bonds is 3. The average Bonchev–Trinajstić information content (AvgIpc) is 2.66. The first-order valence-corrected chi connectivity index (χ1v) is 6.10. The third-order valence-electron chi connectivity index (χ3n) is 2.30. The lowest BCUT2D eigenvalue weighted by Gasteiger charge is -2.08. The molecular formula is C11H12ClN3S. The predicted octanol–water partition coefficient (Wildman–Crippen LogP) is 3.30. The number of nitrogens with one attached hydrogen (secondary N) is 1. The third-order valence-corrected chi connectivity index (χ3v) is 3.47. The highest BCUT2D eigenvalue weighted by Crippen LogP contribution is 2.24. The zero-order valence-electron chi connectivity index (χ0n) is 8.83. The van der Waals surface area contributed by atoms with Crippen LogP contribution in [0.15, 0.2) is 23.7 Å². The zero-order chi connectivity index (χ0) is 11.5. The molecule has 0 radical (unpaired) electrons. The summed E-state index contributed by atoms with van der Waals surface area (Å²) in [6.45, 7) is 2.72. The fourth-order valence-electron chi connectivity index (χ4n) is 1.35. The summed E-state index contributed by atoms with van der Waals surface area (Å²) >= 11 is 7.53. The van der Waals surface area contributed by atoms with Gasteiger partial charge in [-0.2, -0.15) is 0 Å². The maximum absolute atomic E-state index is 5.90. The van der Waals surface area contributed by atoms with Gasteiger partial charge in [-0.1, -0.05) is 11.6 Å². The molecular weight excluding hydrogens is 242 g/mol. The van der Waals surface area contributed by atoms with E-state index in [1.165, 1.54) is 4.88 Å². The molecule has 1 aromatic heterocycles. The van der Waals surface area contributed by atoms with Crippen LogP contribution in [-0.4, -0.2) is 4.98 Å². The van der Waals surface area contributed by atoms with Crippen molar-refractivity contribution in [1.82, 2.24) is 4.98 Å². The Morgan fingerprint density at radius 3 is 3.00 bits per heavy atom. The molecule has 3 nitrogen and oxygen atoms in total. The summed E-state index contributed by atoms with van der Waals surface area (Å²) in [6.07, 6.45) is 0. The van der Waals surface area contributed by atoms with Gasteiger partial charge in [-0.3, -0.25) is 0 Å². The molecule has 2 aromatic rings. The summed E-state index contributed by atoms with van der Waals surface area (Å²) in [7, 11) is 0. The number of anilines is 2. The van der Waals surface area contributed by atoms with Crippen LogP contribution in [0.2, 0.25) is 5.02 Å². The molecule has 0 bridgehead atoms. The molecule has 1 heterocycles. The Morgan fingerprint density at radius 1 is 1.50 bits per heavy atom. The van der Waals surface area contributed by atoms with E-state index in [-0.39, 0.29) is 0 Å². The van der Waals surface area contributed by atoms with Crippen molar-refractivity contribution in [3.05, 3.63) is 39.3 Å². The third kappa shape index (κ3) is 2.46. The van der Waals surface area contributed by atoms with Crippen LogP contribution in [0.5, 0.6) is 0 Å². The van der Waals surface area contributed by atoms with Gasteiger partial charge in [0.05, 0.1) is 29.1 Å². The van der Waals surface area contributed by atoms with E-state index in [4.69, 9.17) is 17.3 Å². The van der Waals surface area contributed by atoms with Crippen molar-refractivity contribution in [2.24, 2.45) is 0 Å². The summed E-state index contributed by atoms with van der Waals surface area (Å²) in [5.74, 6) is 0. The SMILES string of the molecule is Cc1ncsc1CNc1cc(Cl)ccc1N. The van der Waals surface area contributed by atoms with Crippen molar-refractivity contribution in [1.29, 1.82) is 0 Å². The second-order valence-electron chi connectivity index (χ2n) is 3.45. The topological polar surface area (TPSA) is 50.9 Å². The minimum atomic E-state index is 0.678. The maximum atomic E-state index is 5.90. The van der Waals surface area contributed by atoms with Gasteiger partial charge in [0.15, 0.2) is 0 Å². The minimum absolute atomic E-state index is 0.678. The summed E-state index contributed by atoms with van der Waals surface area (Å²) in [5, 5.41) is 3.94. The van der Waals surface area contributed by atoms with Crippen molar-refractivity contribution >= 4 is 34.3 Å². The normalized spacial score (nSPS) is 10.4. The minimum Gasteiger partial charge on any atom is -0.397 e.